The number of sulfonamides is 1. The van der Waals surface area contributed by atoms with Crippen molar-refractivity contribution in [3.8, 4) is 0 Å². The third kappa shape index (κ3) is 5.51. The summed E-state index contributed by atoms with van der Waals surface area (Å²) in [6, 6.07) is 6.94. The Hall–Kier alpha value is -2.36. The first-order valence-electron chi connectivity index (χ1n) is 10.9. The van der Waals surface area contributed by atoms with Gasteiger partial charge < -0.3 is 15.1 Å². The summed E-state index contributed by atoms with van der Waals surface area (Å²) >= 11 is 5.86. The second-order valence-corrected chi connectivity index (χ2v) is 10.3. The molecule has 8 nitrogen and oxygen atoms in total. The zero-order chi connectivity index (χ0) is 22.6. The number of nitrogens with one attached hydrogen (secondary N) is 1. The first kappa shape index (κ1) is 22.8. The summed E-state index contributed by atoms with van der Waals surface area (Å²) in [4.78, 5) is 21.2. The van der Waals surface area contributed by atoms with E-state index < -0.39 is 10.0 Å². The van der Waals surface area contributed by atoms with Gasteiger partial charge in [-0.3, -0.25) is 9.10 Å². The Bertz CT molecular complexity index is 1010. The molecule has 1 aromatic rings. The van der Waals surface area contributed by atoms with Gasteiger partial charge in [0.1, 0.15) is 12.2 Å². The maximum absolute atomic E-state index is 12.7. The van der Waals surface area contributed by atoms with Crippen molar-refractivity contribution in [1.82, 2.24) is 19.4 Å². The summed E-state index contributed by atoms with van der Waals surface area (Å²) in [5, 5.41) is 5.05. The van der Waals surface area contributed by atoms with Crippen LogP contribution in [-0.2, 0) is 14.8 Å². The van der Waals surface area contributed by atoms with Crippen molar-refractivity contribution in [2.24, 2.45) is 10.9 Å². The number of hydrogen-bond acceptors (Lipinski definition) is 6. The van der Waals surface area contributed by atoms with Crippen LogP contribution >= 0.6 is 11.6 Å². The molecule has 172 valence electrons. The SMILES string of the molecule is O=C(C1CCN(C2=CCN(S(=O)(=O)/C=C/c3ccc(Cl)cc3)C=N2)CC1)N1CCNCC1. The highest BCUT2D eigenvalue weighted by atomic mass is 35.5. The fourth-order valence-corrected chi connectivity index (χ4v) is 5.16. The van der Waals surface area contributed by atoms with Crippen molar-refractivity contribution in [3.05, 3.63) is 52.2 Å². The van der Waals surface area contributed by atoms with E-state index in [1.165, 1.54) is 16.1 Å². The highest BCUT2D eigenvalue weighted by Crippen LogP contribution is 2.24. The Kier molecular flexibility index (Phi) is 7.17. The van der Waals surface area contributed by atoms with Gasteiger partial charge in [-0.2, -0.15) is 0 Å². The first-order chi connectivity index (χ1) is 15.4. The molecule has 1 amide bonds. The van der Waals surface area contributed by atoms with Gasteiger partial charge in [-0.1, -0.05) is 23.7 Å². The van der Waals surface area contributed by atoms with Gasteiger partial charge in [0.15, 0.2) is 0 Å². The van der Waals surface area contributed by atoms with Gasteiger partial charge in [0.25, 0.3) is 10.0 Å². The number of likely N-dealkylation sites (tertiary alicyclic amines) is 1. The zero-order valence-corrected chi connectivity index (χ0v) is 19.4. The van der Waals surface area contributed by atoms with E-state index in [0.29, 0.717) is 5.02 Å². The molecule has 0 bridgehead atoms. The van der Waals surface area contributed by atoms with E-state index in [-0.39, 0.29) is 18.4 Å². The molecule has 0 aromatic heterocycles. The van der Waals surface area contributed by atoms with Crippen LogP contribution in [0.3, 0.4) is 0 Å². The second kappa shape index (κ2) is 10.1. The normalized spacial score (nSPS) is 20.7. The molecule has 0 radical (unpaired) electrons. The van der Waals surface area contributed by atoms with Crippen LogP contribution in [-0.4, -0.2) is 80.6 Å². The Morgan fingerprint density at radius 1 is 1.09 bits per heavy atom. The average Bonchev–Trinajstić information content (AvgIpc) is 2.84. The number of carbonyl (C=O) groups is 1. The van der Waals surface area contributed by atoms with Crippen LogP contribution in [0.15, 0.2) is 46.6 Å². The van der Waals surface area contributed by atoms with Crippen LogP contribution in [0.4, 0.5) is 0 Å². The van der Waals surface area contributed by atoms with Gasteiger partial charge >= 0.3 is 0 Å². The summed E-state index contributed by atoms with van der Waals surface area (Å²) in [6.07, 6.45) is 6.32. The smallest absolute Gasteiger partial charge is 0.258 e. The first-order valence-corrected chi connectivity index (χ1v) is 12.7. The number of amides is 1. The minimum absolute atomic E-state index is 0.0624. The highest BCUT2D eigenvalue weighted by Gasteiger charge is 2.30. The molecule has 1 aromatic carbocycles. The van der Waals surface area contributed by atoms with E-state index in [4.69, 9.17) is 11.6 Å². The van der Waals surface area contributed by atoms with Crippen LogP contribution in [0, 0.1) is 5.92 Å². The monoisotopic (exact) mass is 477 g/mol. The third-order valence-corrected chi connectivity index (χ3v) is 7.63. The Morgan fingerprint density at radius 2 is 1.78 bits per heavy atom. The second-order valence-electron chi connectivity index (χ2n) is 8.11. The van der Waals surface area contributed by atoms with Gasteiger partial charge in [0.05, 0.1) is 12.0 Å². The molecule has 3 heterocycles. The molecule has 10 heteroatoms. The van der Waals surface area contributed by atoms with E-state index in [1.54, 1.807) is 30.3 Å². The molecule has 1 N–H and O–H groups in total. The van der Waals surface area contributed by atoms with E-state index >= 15 is 0 Å². The molecule has 4 rings (SSSR count). The van der Waals surface area contributed by atoms with Crippen molar-refractivity contribution in [2.45, 2.75) is 12.8 Å². The number of nitrogens with zero attached hydrogens (tertiary/aromatic N) is 4. The van der Waals surface area contributed by atoms with E-state index in [0.717, 1.165) is 63.5 Å². The summed E-state index contributed by atoms with van der Waals surface area (Å²) in [7, 11) is -3.63. The molecule has 2 fully saturated rings. The number of halogens is 1. The molecule has 0 atom stereocenters. The zero-order valence-electron chi connectivity index (χ0n) is 17.9. The molecule has 0 unspecified atom stereocenters. The molecule has 3 aliphatic heterocycles. The number of piperidine rings is 1. The molecular weight excluding hydrogens is 450 g/mol. The van der Waals surface area contributed by atoms with Crippen molar-refractivity contribution < 1.29 is 13.2 Å². The highest BCUT2D eigenvalue weighted by molar-refractivity contribution is 7.92. The van der Waals surface area contributed by atoms with E-state index in [9.17, 15) is 13.2 Å². The number of carbonyl (C=O) groups excluding carboxylic acids is 1. The Labute approximate surface area is 194 Å². The number of piperazine rings is 1. The Balaban J connectivity index is 1.29. The molecule has 2 saturated heterocycles. The van der Waals surface area contributed by atoms with Gasteiger partial charge in [-0.25, -0.2) is 13.4 Å². The fraction of sp³-hybridized carbons (Fsp3) is 0.455. The number of benzene rings is 1. The topological polar surface area (TPSA) is 85.3 Å². The largest absolute Gasteiger partial charge is 0.357 e. The van der Waals surface area contributed by atoms with Crippen LogP contribution in [0.2, 0.25) is 5.02 Å². The molecule has 0 spiro atoms. The average molecular weight is 478 g/mol. The summed E-state index contributed by atoms with van der Waals surface area (Å²) in [5.41, 5.74) is 0.751. The molecular formula is C22H28ClN5O3S. The quantitative estimate of drug-likeness (QED) is 0.700. The molecule has 0 saturated carbocycles. The van der Waals surface area contributed by atoms with E-state index in [2.05, 4.69) is 15.2 Å². The fourth-order valence-electron chi connectivity index (χ4n) is 4.09. The summed E-state index contributed by atoms with van der Waals surface area (Å²) < 4.78 is 26.4. The summed E-state index contributed by atoms with van der Waals surface area (Å²) in [5.74, 6) is 1.09. The lowest BCUT2D eigenvalue weighted by atomic mass is 9.95. The van der Waals surface area contributed by atoms with Crippen molar-refractivity contribution in [3.63, 3.8) is 0 Å². The van der Waals surface area contributed by atoms with Crippen molar-refractivity contribution in [1.29, 1.82) is 0 Å². The predicted molar refractivity (Wildman–Crippen MR) is 126 cm³/mol. The van der Waals surface area contributed by atoms with Gasteiger partial charge in [0, 0.05) is 50.2 Å². The maximum Gasteiger partial charge on any atom is 0.258 e. The maximum atomic E-state index is 12.7. The summed E-state index contributed by atoms with van der Waals surface area (Å²) in [6.45, 7) is 5.01. The lowest BCUT2D eigenvalue weighted by Crippen LogP contribution is -2.50. The third-order valence-electron chi connectivity index (χ3n) is 6.00. The van der Waals surface area contributed by atoms with Crippen LogP contribution in [0.25, 0.3) is 6.08 Å². The lowest BCUT2D eigenvalue weighted by molar-refractivity contribution is -0.137. The minimum atomic E-state index is -3.63. The van der Waals surface area contributed by atoms with E-state index in [1.807, 2.05) is 11.0 Å². The van der Waals surface area contributed by atoms with Gasteiger partial charge in [-0.15, -0.1) is 0 Å². The molecule has 0 aliphatic carbocycles. The van der Waals surface area contributed by atoms with Crippen LogP contribution in [0.1, 0.15) is 18.4 Å². The standard InChI is InChI=1S/C22H28ClN5O3S/c23-20-3-1-18(2-4-20)8-16-32(30,31)28-13-7-21(25-17-28)26-11-5-19(6-12-26)22(29)27-14-9-24-10-15-27/h1-4,7-8,16-17,19,24H,5-6,9-15H2/b16-8+. The van der Waals surface area contributed by atoms with Gasteiger partial charge in [-0.05, 0) is 42.7 Å². The predicted octanol–water partition coefficient (Wildman–Crippen LogP) is 1.97. The molecule has 32 heavy (non-hydrogen) atoms. The van der Waals surface area contributed by atoms with Crippen LogP contribution < -0.4 is 5.32 Å². The Morgan fingerprint density at radius 3 is 2.41 bits per heavy atom. The van der Waals surface area contributed by atoms with Crippen LogP contribution in [0.5, 0.6) is 0 Å². The van der Waals surface area contributed by atoms with Crippen molar-refractivity contribution >= 4 is 39.9 Å². The number of aliphatic imine (C=N–C) groups is 1. The number of rotatable bonds is 5. The number of hydrogen-bond donors (Lipinski definition) is 1. The minimum Gasteiger partial charge on any atom is -0.357 e. The molecule has 3 aliphatic rings. The van der Waals surface area contributed by atoms with Gasteiger partial charge in [0.2, 0.25) is 5.91 Å². The lowest BCUT2D eigenvalue weighted by Gasteiger charge is -2.37. The van der Waals surface area contributed by atoms with Crippen molar-refractivity contribution in [2.75, 3.05) is 45.8 Å².